The van der Waals surface area contributed by atoms with E-state index in [-0.39, 0.29) is 5.60 Å². The third-order valence-electron chi connectivity index (χ3n) is 4.83. The molecule has 1 saturated heterocycles. The molecule has 3 nitrogen and oxygen atoms in total. The Morgan fingerprint density at radius 2 is 1.78 bits per heavy atom. The predicted molar refractivity (Wildman–Crippen MR) is 113 cm³/mol. The summed E-state index contributed by atoms with van der Waals surface area (Å²) >= 11 is 0. The number of hydrogen-bond donors (Lipinski definition) is 0. The van der Waals surface area contributed by atoms with E-state index in [0.29, 0.717) is 19.3 Å². The van der Waals surface area contributed by atoms with Crippen LogP contribution < -0.4 is 9.47 Å². The van der Waals surface area contributed by atoms with Gasteiger partial charge in [0.15, 0.2) is 0 Å². The van der Waals surface area contributed by atoms with E-state index in [1.165, 1.54) is 11.1 Å². The average Bonchev–Trinajstić information content (AvgIpc) is 3.26. The van der Waals surface area contributed by atoms with Crippen molar-refractivity contribution in [1.82, 2.24) is 0 Å². The van der Waals surface area contributed by atoms with E-state index in [2.05, 4.69) is 32.9 Å². The second-order valence-corrected chi connectivity index (χ2v) is 7.53. The zero-order chi connectivity index (χ0) is 19.7. The molecule has 2 rings (SSSR count). The van der Waals surface area contributed by atoms with Gasteiger partial charge >= 0.3 is 0 Å². The molecule has 0 aliphatic carbocycles. The highest BCUT2D eigenvalue weighted by Gasteiger charge is 2.46. The maximum absolute atomic E-state index is 5.96. The summed E-state index contributed by atoms with van der Waals surface area (Å²) in [6.45, 7) is 11.6. The highest BCUT2D eigenvalue weighted by atomic mass is 16.6. The number of epoxide rings is 1. The van der Waals surface area contributed by atoms with Gasteiger partial charge in [0.2, 0.25) is 0 Å². The monoisotopic (exact) mass is 370 g/mol. The summed E-state index contributed by atoms with van der Waals surface area (Å²) in [6.07, 6.45) is 13.7. The molecule has 0 aromatic heterocycles. The number of hydrogen-bond acceptors (Lipinski definition) is 3. The van der Waals surface area contributed by atoms with Gasteiger partial charge in [-0.3, -0.25) is 0 Å². The Balaban J connectivity index is 1.98. The Labute approximate surface area is 164 Å². The van der Waals surface area contributed by atoms with Gasteiger partial charge < -0.3 is 14.2 Å². The Kier molecular flexibility index (Phi) is 8.18. The summed E-state index contributed by atoms with van der Waals surface area (Å²) in [5.74, 6) is 1.72. The molecule has 1 aromatic rings. The van der Waals surface area contributed by atoms with Gasteiger partial charge in [0.05, 0.1) is 11.7 Å². The second kappa shape index (κ2) is 10.4. The first-order valence-corrected chi connectivity index (χ1v) is 9.90. The van der Waals surface area contributed by atoms with Crippen LogP contribution in [0.5, 0.6) is 11.5 Å². The molecule has 1 heterocycles. The van der Waals surface area contributed by atoms with E-state index in [4.69, 9.17) is 14.2 Å². The van der Waals surface area contributed by atoms with Crippen molar-refractivity contribution in [3.05, 3.63) is 59.7 Å². The summed E-state index contributed by atoms with van der Waals surface area (Å²) < 4.78 is 17.4. The molecule has 0 N–H and O–H groups in total. The van der Waals surface area contributed by atoms with Crippen molar-refractivity contribution in [2.45, 2.75) is 65.6 Å². The molecule has 0 amide bonds. The molecule has 1 atom stereocenters. The zero-order valence-electron chi connectivity index (χ0n) is 17.5. The molecule has 1 aromatic carbocycles. The lowest BCUT2D eigenvalue weighted by Crippen LogP contribution is -2.02. The van der Waals surface area contributed by atoms with Crippen LogP contribution in [0, 0.1) is 0 Å². The molecule has 27 heavy (non-hydrogen) atoms. The fraction of sp³-hybridized carbons (Fsp3) is 0.500. The first-order valence-electron chi connectivity index (χ1n) is 9.90. The fourth-order valence-electron chi connectivity index (χ4n) is 2.89. The average molecular weight is 371 g/mol. The van der Waals surface area contributed by atoms with Gasteiger partial charge in [0.1, 0.15) is 24.7 Å². The van der Waals surface area contributed by atoms with Gasteiger partial charge in [-0.05, 0) is 65.5 Å². The van der Waals surface area contributed by atoms with E-state index >= 15 is 0 Å². The molecule has 3 heteroatoms. The molecule has 0 unspecified atom stereocenters. The van der Waals surface area contributed by atoms with Crippen molar-refractivity contribution >= 4 is 0 Å². The van der Waals surface area contributed by atoms with Gasteiger partial charge in [0, 0.05) is 6.07 Å². The third-order valence-corrected chi connectivity index (χ3v) is 4.83. The van der Waals surface area contributed by atoms with Crippen LogP contribution in [0.25, 0.3) is 0 Å². The highest BCUT2D eigenvalue weighted by Crippen LogP contribution is 2.39. The van der Waals surface area contributed by atoms with E-state index < -0.39 is 0 Å². The van der Waals surface area contributed by atoms with Crippen molar-refractivity contribution in [1.29, 1.82) is 0 Å². The van der Waals surface area contributed by atoms with Crippen molar-refractivity contribution in [2.75, 3.05) is 13.2 Å². The van der Waals surface area contributed by atoms with Gasteiger partial charge in [0.25, 0.3) is 0 Å². The number of rotatable bonds is 11. The standard InChI is InChI=1S/C24H34O3/c1-6-8-16-25-21-14-13-20(22(18-21)26-17-9-7-2)12-10-19(3)11-15-23-24(4,5)27-23/h6-10,13-14,18,23H,11-12,15-17H2,1-5H3/b8-6+,9-7+,19-10+/t23-/m1/s1. The van der Waals surface area contributed by atoms with Crippen molar-refractivity contribution in [3.8, 4) is 11.5 Å². The number of benzene rings is 1. The Morgan fingerprint density at radius 3 is 2.41 bits per heavy atom. The lowest BCUT2D eigenvalue weighted by atomic mass is 10.0. The normalized spacial score (nSPS) is 19.0. The van der Waals surface area contributed by atoms with Crippen LogP contribution in [0.4, 0.5) is 0 Å². The maximum Gasteiger partial charge on any atom is 0.126 e. The van der Waals surface area contributed by atoms with Crippen LogP contribution in [-0.4, -0.2) is 24.9 Å². The topological polar surface area (TPSA) is 31.0 Å². The van der Waals surface area contributed by atoms with E-state index in [0.717, 1.165) is 30.8 Å². The van der Waals surface area contributed by atoms with Gasteiger partial charge in [-0.2, -0.15) is 0 Å². The lowest BCUT2D eigenvalue weighted by Gasteiger charge is -2.12. The van der Waals surface area contributed by atoms with Crippen LogP contribution in [0.1, 0.15) is 53.0 Å². The van der Waals surface area contributed by atoms with Crippen molar-refractivity contribution in [3.63, 3.8) is 0 Å². The lowest BCUT2D eigenvalue weighted by molar-refractivity contribution is 0.320. The summed E-state index contributed by atoms with van der Waals surface area (Å²) in [7, 11) is 0. The van der Waals surface area contributed by atoms with Crippen molar-refractivity contribution < 1.29 is 14.2 Å². The molecular formula is C24H34O3. The van der Waals surface area contributed by atoms with Crippen LogP contribution in [0.15, 0.2) is 54.2 Å². The van der Waals surface area contributed by atoms with Crippen molar-refractivity contribution in [2.24, 2.45) is 0 Å². The minimum atomic E-state index is 0.0802. The zero-order valence-corrected chi connectivity index (χ0v) is 17.5. The molecule has 1 aliphatic heterocycles. The largest absolute Gasteiger partial charge is 0.489 e. The first-order chi connectivity index (χ1) is 13.0. The van der Waals surface area contributed by atoms with Crippen LogP contribution >= 0.6 is 0 Å². The summed E-state index contributed by atoms with van der Waals surface area (Å²) in [6, 6.07) is 6.12. The van der Waals surface area contributed by atoms with Gasteiger partial charge in [-0.1, -0.05) is 42.0 Å². The molecule has 0 radical (unpaired) electrons. The molecule has 0 saturated carbocycles. The molecular weight excluding hydrogens is 336 g/mol. The second-order valence-electron chi connectivity index (χ2n) is 7.53. The first kappa shape index (κ1) is 21.3. The smallest absolute Gasteiger partial charge is 0.126 e. The number of allylic oxidation sites excluding steroid dienone is 4. The number of ether oxygens (including phenoxy) is 3. The summed E-state index contributed by atoms with van der Waals surface area (Å²) in [5.41, 5.74) is 2.66. The van der Waals surface area contributed by atoms with E-state index in [1.807, 2.05) is 50.3 Å². The molecule has 148 valence electrons. The Bertz CT molecular complexity index is 683. The van der Waals surface area contributed by atoms with Crippen LogP contribution in [0.2, 0.25) is 0 Å². The SMILES string of the molecule is C/C=C/COc1ccc(C/C=C(\C)CC[C@H]2OC2(C)C)c(OC/C=C/C)c1. The summed E-state index contributed by atoms with van der Waals surface area (Å²) in [4.78, 5) is 0. The predicted octanol–water partition coefficient (Wildman–Crippen LogP) is 6.04. The van der Waals surface area contributed by atoms with Crippen LogP contribution in [-0.2, 0) is 11.2 Å². The fourth-order valence-corrected chi connectivity index (χ4v) is 2.89. The molecule has 0 spiro atoms. The highest BCUT2D eigenvalue weighted by molar-refractivity contribution is 5.42. The van der Waals surface area contributed by atoms with Gasteiger partial charge in [-0.25, -0.2) is 0 Å². The molecule has 0 bridgehead atoms. The minimum absolute atomic E-state index is 0.0802. The van der Waals surface area contributed by atoms with Gasteiger partial charge in [-0.15, -0.1) is 0 Å². The Hall–Kier alpha value is -2.00. The maximum atomic E-state index is 5.96. The van der Waals surface area contributed by atoms with Crippen LogP contribution in [0.3, 0.4) is 0 Å². The third kappa shape index (κ3) is 7.26. The summed E-state index contributed by atoms with van der Waals surface area (Å²) in [5, 5.41) is 0. The minimum Gasteiger partial charge on any atom is -0.489 e. The van der Waals surface area contributed by atoms with E-state index in [1.54, 1.807) is 0 Å². The quantitative estimate of drug-likeness (QED) is 0.351. The molecule has 1 aliphatic rings. The molecule has 1 fully saturated rings. The Morgan fingerprint density at radius 1 is 1.11 bits per heavy atom. The van der Waals surface area contributed by atoms with E-state index in [9.17, 15) is 0 Å².